The zero-order valence-electron chi connectivity index (χ0n) is 11.1. The van der Waals surface area contributed by atoms with Crippen LogP contribution in [0.1, 0.15) is 11.3 Å². The quantitative estimate of drug-likeness (QED) is 0.884. The van der Waals surface area contributed by atoms with Crippen LogP contribution in [-0.4, -0.2) is 16.1 Å². The van der Waals surface area contributed by atoms with Gasteiger partial charge in [-0.15, -0.1) is 13.2 Å². The topological polar surface area (TPSA) is 39.1 Å². The van der Waals surface area contributed by atoms with E-state index >= 15 is 0 Å². The van der Waals surface area contributed by atoms with Crippen molar-refractivity contribution in [3.63, 3.8) is 0 Å². The first kappa shape index (κ1) is 15.8. The standard InChI is InChI=1S/C13H13BrF3N3O/c1-20-5-4-10(19-20)8-18-7-9-2-3-12(11(14)6-9)21-13(15,16)17/h2-6,18H,7-8H2,1H3. The smallest absolute Gasteiger partial charge is 0.405 e. The molecule has 4 nitrogen and oxygen atoms in total. The van der Waals surface area contributed by atoms with Crippen LogP contribution in [0.5, 0.6) is 5.75 Å². The number of aromatic nitrogens is 2. The molecule has 1 heterocycles. The Kier molecular flexibility index (Phi) is 4.89. The van der Waals surface area contributed by atoms with Gasteiger partial charge in [-0.3, -0.25) is 4.68 Å². The molecule has 2 rings (SSSR count). The fourth-order valence-corrected chi connectivity index (χ4v) is 2.26. The average Bonchev–Trinajstić information content (AvgIpc) is 2.77. The fourth-order valence-electron chi connectivity index (χ4n) is 1.75. The van der Waals surface area contributed by atoms with Crippen LogP contribution >= 0.6 is 15.9 Å². The lowest BCUT2D eigenvalue weighted by molar-refractivity contribution is -0.274. The monoisotopic (exact) mass is 363 g/mol. The number of benzene rings is 1. The molecule has 0 aliphatic rings. The van der Waals surface area contributed by atoms with Gasteiger partial charge in [0.1, 0.15) is 5.75 Å². The largest absolute Gasteiger partial charge is 0.573 e. The average molecular weight is 364 g/mol. The van der Waals surface area contributed by atoms with Gasteiger partial charge in [0.2, 0.25) is 0 Å². The summed E-state index contributed by atoms with van der Waals surface area (Å²) in [5, 5.41) is 7.38. The van der Waals surface area contributed by atoms with Gasteiger partial charge in [0, 0.05) is 26.3 Å². The zero-order valence-corrected chi connectivity index (χ0v) is 12.7. The molecule has 0 bridgehead atoms. The molecular weight excluding hydrogens is 351 g/mol. The minimum Gasteiger partial charge on any atom is -0.405 e. The Morgan fingerprint density at radius 2 is 2.05 bits per heavy atom. The molecule has 0 saturated carbocycles. The van der Waals surface area contributed by atoms with E-state index in [1.165, 1.54) is 6.07 Å². The minimum atomic E-state index is -4.69. The summed E-state index contributed by atoms with van der Waals surface area (Å²) in [5.74, 6) is -0.254. The third-order valence-electron chi connectivity index (χ3n) is 2.63. The van der Waals surface area contributed by atoms with Crippen LogP contribution < -0.4 is 10.1 Å². The predicted molar refractivity (Wildman–Crippen MR) is 74.6 cm³/mol. The van der Waals surface area contributed by atoms with Crippen LogP contribution in [0, 0.1) is 0 Å². The summed E-state index contributed by atoms with van der Waals surface area (Å²) in [6.07, 6.45) is -2.85. The number of rotatable bonds is 5. The number of alkyl halides is 3. The molecule has 0 amide bonds. The van der Waals surface area contributed by atoms with Crippen molar-refractivity contribution in [2.45, 2.75) is 19.5 Å². The highest BCUT2D eigenvalue weighted by atomic mass is 79.9. The number of aryl methyl sites for hydroxylation is 1. The fraction of sp³-hybridized carbons (Fsp3) is 0.308. The zero-order chi connectivity index (χ0) is 15.5. The lowest BCUT2D eigenvalue weighted by Crippen LogP contribution is -2.17. The third-order valence-corrected chi connectivity index (χ3v) is 3.25. The normalized spacial score (nSPS) is 11.7. The second-order valence-electron chi connectivity index (χ2n) is 4.40. The highest BCUT2D eigenvalue weighted by molar-refractivity contribution is 9.10. The van der Waals surface area contributed by atoms with E-state index in [1.54, 1.807) is 16.8 Å². The SMILES string of the molecule is Cn1ccc(CNCc2ccc(OC(F)(F)F)c(Br)c2)n1. The van der Waals surface area contributed by atoms with E-state index < -0.39 is 6.36 Å². The van der Waals surface area contributed by atoms with Gasteiger partial charge in [0.15, 0.2) is 0 Å². The van der Waals surface area contributed by atoms with E-state index in [2.05, 4.69) is 31.1 Å². The summed E-state index contributed by atoms with van der Waals surface area (Å²) >= 11 is 3.07. The van der Waals surface area contributed by atoms with E-state index in [9.17, 15) is 13.2 Å². The summed E-state index contributed by atoms with van der Waals surface area (Å²) in [5.41, 5.74) is 1.74. The van der Waals surface area contributed by atoms with E-state index in [4.69, 9.17) is 0 Å². The number of hydrogen-bond acceptors (Lipinski definition) is 3. The van der Waals surface area contributed by atoms with Gasteiger partial charge in [0.25, 0.3) is 0 Å². The summed E-state index contributed by atoms with van der Waals surface area (Å²) in [4.78, 5) is 0. The van der Waals surface area contributed by atoms with E-state index in [1.807, 2.05) is 19.3 Å². The Morgan fingerprint density at radius 3 is 2.62 bits per heavy atom. The highest BCUT2D eigenvalue weighted by Gasteiger charge is 2.31. The number of nitrogens with one attached hydrogen (secondary N) is 1. The van der Waals surface area contributed by atoms with Crippen molar-refractivity contribution in [1.82, 2.24) is 15.1 Å². The Hall–Kier alpha value is -1.54. The van der Waals surface area contributed by atoms with E-state index in [0.29, 0.717) is 13.1 Å². The molecule has 0 unspecified atom stereocenters. The van der Waals surface area contributed by atoms with Crippen LogP contribution in [-0.2, 0) is 20.1 Å². The molecule has 1 N–H and O–H groups in total. The lowest BCUT2D eigenvalue weighted by Gasteiger charge is -2.11. The van der Waals surface area contributed by atoms with Crippen molar-refractivity contribution in [2.75, 3.05) is 0 Å². The molecule has 21 heavy (non-hydrogen) atoms. The summed E-state index contributed by atoms with van der Waals surface area (Å²) in [6, 6.07) is 6.35. The maximum atomic E-state index is 12.1. The Balaban J connectivity index is 1.91. The van der Waals surface area contributed by atoms with Gasteiger partial charge < -0.3 is 10.1 Å². The second-order valence-corrected chi connectivity index (χ2v) is 5.25. The molecule has 1 aromatic heterocycles. The first-order valence-electron chi connectivity index (χ1n) is 6.07. The van der Waals surface area contributed by atoms with Gasteiger partial charge >= 0.3 is 6.36 Å². The highest BCUT2D eigenvalue weighted by Crippen LogP contribution is 2.31. The molecule has 0 saturated heterocycles. The van der Waals surface area contributed by atoms with E-state index in [-0.39, 0.29) is 10.2 Å². The lowest BCUT2D eigenvalue weighted by atomic mass is 10.2. The Labute approximate surface area is 128 Å². The van der Waals surface area contributed by atoms with Gasteiger partial charge in [0.05, 0.1) is 10.2 Å². The Bertz CT molecular complexity index is 613. The number of nitrogens with zero attached hydrogens (tertiary/aromatic N) is 2. The molecular formula is C13H13BrF3N3O. The van der Waals surface area contributed by atoms with E-state index in [0.717, 1.165) is 11.3 Å². The predicted octanol–water partition coefficient (Wildman–Crippen LogP) is 3.37. The number of ether oxygens (including phenoxy) is 1. The second kappa shape index (κ2) is 6.48. The van der Waals surface area contributed by atoms with Crippen molar-refractivity contribution in [3.05, 3.63) is 46.2 Å². The minimum absolute atomic E-state index is 0.254. The molecule has 2 aromatic rings. The maximum absolute atomic E-state index is 12.1. The van der Waals surface area contributed by atoms with Crippen molar-refractivity contribution in [3.8, 4) is 5.75 Å². The van der Waals surface area contributed by atoms with Crippen LogP contribution in [0.4, 0.5) is 13.2 Å². The van der Waals surface area contributed by atoms with Crippen LogP contribution in [0.2, 0.25) is 0 Å². The van der Waals surface area contributed by atoms with Crippen LogP contribution in [0.3, 0.4) is 0 Å². The number of hydrogen-bond donors (Lipinski definition) is 1. The molecule has 0 aliphatic carbocycles. The molecule has 0 aliphatic heterocycles. The molecule has 0 radical (unpaired) electrons. The molecule has 0 fully saturated rings. The summed E-state index contributed by atoms with van der Waals surface area (Å²) in [6.45, 7) is 1.10. The van der Waals surface area contributed by atoms with Crippen molar-refractivity contribution in [1.29, 1.82) is 0 Å². The molecule has 0 atom stereocenters. The molecule has 114 valence electrons. The van der Waals surface area contributed by atoms with Crippen molar-refractivity contribution >= 4 is 15.9 Å². The summed E-state index contributed by atoms with van der Waals surface area (Å²) in [7, 11) is 1.83. The molecule has 0 spiro atoms. The van der Waals surface area contributed by atoms with Crippen LogP contribution in [0.25, 0.3) is 0 Å². The van der Waals surface area contributed by atoms with Crippen molar-refractivity contribution < 1.29 is 17.9 Å². The number of halogens is 4. The van der Waals surface area contributed by atoms with Crippen LogP contribution in [0.15, 0.2) is 34.9 Å². The molecule has 1 aromatic carbocycles. The maximum Gasteiger partial charge on any atom is 0.573 e. The third kappa shape index (κ3) is 5.05. The summed E-state index contributed by atoms with van der Waals surface area (Å²) < 4.78 is 42.3. The molecule has 8 heteroatoms. The van der Waals surface area contributed by atoms with Crippen molar-refractivity contribution in [2.24, 2.45) is 7.05 Å². The van der Waals surface area contributed by atoms with Gasteiger partial charge in [-0.25, -0.2) is 0 Å². The van der Waals surface area contributed by atoms with Gasteiger partial charge in [-0.05, 0) is 39.7 Å². The Morgan fingerprint density at radius 1 is 1.29 bits per heavy atom. The first-order chi connectivity index (χ1) is 9.83. The first-order valence-corrected chi connectivity index (χ1v) is 6.86. The van der Waals surface area contributed by atoms with Gasteiger partial charge in [-0.2, -0.15) is 5.10 Å². The van der Waals surface area contributed by atoms with Gasteiger partial charge in [-0.1, -0.05) is 6.07 Å².